The van der Waals surface area contributed by atoms with Gasteiger partial charge in [0.2, 0.25) is 5.69 Å². The summed E-state index contributed by atoms with van der Waals surface area (Å²) in [7, 11) is -2.24. The molecule has 0 unspecified atom stereocenters. The molecule has 0 fully saturated rings. The van der Waals surface area contributed by atoms with E-state index < -0.39 is 10.1 Å². The maximum atomic E-state index is 10.4. The number of ether oxygens (including phenoxy) is 1. The van der Waals surface area contributed by atoms with E-state index in [0.717, 1.165) is 17.0 Å². The van der Waals surface area contributed by atoms with Crippen LogP contribution in [0.4, 0.5) is 0 Å². The highest BCUT2D eigenvalue weighted by Gasteiger charge is 2.13. The topological polar surface area (TPSA) is 70.3 Å². The first kappa shape index (κ1) is 23.6. The summed E-state index contributed by atoms with van der Waals surface area (Å²) in [6.45, 7) is 9.06. The molecule has 0 aliphatic heterocycles. The molecular formula is C24H29NO4S. The Labute approximate surface area is 179 Å². The lowest BCUT2D eigenvalue weighted by Gasteiger charge is -2.19. The molecule has 0 radical (unpaired) electrons. The van der Waals surface area contributed by atoms with Gasteiger partial charge < -0.3 is 9.29 Å². The van der Waals surface area contributed by atoms with Gasteiger partial charge in [-0.3, -0.25) is 0 Å². The van der Waals surface area contributed by atoms with Crippen molar-refractivity contribution in [1.29, 1.82) is 0 Å². The number of nitrogens with zero attached hydrogens (tertiary/aromatic N) is 1. The molecule has 5 nitrogen and oxygen atoms in total. The zero-order chi connectivity index (χ0) is 22.4. The number of pyridine rings is 1. The van der Waals surface area contributed by atoms with Gasteiger partial charge in [0.05, 0.1) is 4.90 Å². The Hall–Kier alpha value is -2.70. The Balaban J connectivity index is 0.000000248. The van der Waals surface area contributed by atoms with Crippen LogP contribution in [0.25, 0.3) is 0 Å². The molecule has 0 saturated carbocycles. The molecule has 0 spiro atoms. The van der Waals surface area contributed by atoms with Crippen LogP contribution in [0.15, 0.2) is 77.8 Å². The first-order valence-electron chi connectivity index (χ1n) is 9.66. The van der Waals surface area contributed by atoms with E-state index in [1.165, 1.54) is 17.7 Å². The highest BCUT2D eigenvalue weighted by atomic mass is 32.2. The van der Waals surface area contributed by atoms with E-state index in [4.69, 9.17) is 4.74 Å². The van der Waals surface area contributed by atoms with E-state index in [9.17, 15) is 13.0 Å². The summed E-state index contributed by atoms with van der Waals surface area (Å²) in [5.74, 6) is 0.914. The van der Waals surface area contributed by atoms with Crippen molar-refractivity contribution in [3.05, 3.63) is 89.7 Å². The van der Waals surface area contributed by atoms with E-state index in [2.05, 4.69) is 43.5 Å². The summed E-state index contributed by atoms with van der Waals surface area (Å²) in [4.78, 5) is -0.178. The minimum atomic E-state index is -4.27. The molecular weight excluding hydrogens is 398 g/mol. The molecule has 1 heterocycles. The molecule has 3 rings (SSSR count). The molecule has 0 atom stereocenters. The Morgan fingerprint density at radius 3 is 2.03 bits per heavy atom. The van der Waals surface area contributed by atoms with Gasteiger partial charge in [0.15, 0.2) is 12.8 Å². The number of rotatable bonds is 4. The number of hydrogen-bond acceptors (Lipinski definition) is 4. The van der Waals surface area contributed by atoms with Crippen LogP contribution in [0.1, 0.15) is 37.6 Å². The van der Waals surface area contributed by atoms with Crippen LogP contribution >= 0.6 is 0 Å². The monoisotopic (exact) mass is 427 g/mol. The third kappa shape index (κ3) is 7.28. The Kier molecular flexibility index (Phi) is 7.76. The van der Waals surface area contributed by atoms with Gasteiger partial charge >= 0.3 is 0 Å². The van der Waals surface area contributed by atoms with Crippen LogP contribution in [0.5, 0.6) is 5.75 Å². The summed E-state index contributed by atoms with van der Waals surface area (Å²) < 4.78 is 39.1. The zero-order valence-electron chi connectivity index (χ0n) is 18.1. The van der Waals surface area contributed by atoms with Crippen LogP contribution in [-0.2, 0) is 29.2 Å². The highest BCUT2D eigenvalue weighted by molar-refractivity contribution is 7.85. The molecule has 1 aromatic heterocycles. The molecule has 0 bridgehead atoms. The Morgan fingerprint density at radius 1 is 0.933 bits per heavy atom. The van der Waals surface area contributed by atoms with Crippen molar-refractivity contribution >= 4 is 10.1 Å². The third-order valence-corrected chi connectivity index (χ3v) is 5.43. The molecule has 0 aliphatic rings. The van der Waals surface area contributed by atoms with Crippen molar-refractivity contribution in [1.82, 2.24) is 0 Å². The van der Waals surface area contributed by atoms with Crippen LogP contribution in [0, 0.1) is 6.92 Å². The number of hydrogen-bond donors (Lipinski definition) is 0. The predicted octanol–water partition coefficient (Wildman–Crippen LogP) is 4.29. The van der Waals surface area contributed by atoms with E-state index in [1.807, 2.05) is 44.4 Å². The van der Waals surface area contributed by atoms with Gasteiger partial charge in [-0.2, -0.15) is 0 Å². The van der Waals surface area contributed by atoms with Crippen LogP contribution in [0.2, 0.25) is 0 Å². The quantitative estimate of drug-likeness (QED) is 0.460. The lowest BCUT2D eigenvalue weighted by molar-refractivity contribution is -0.680. The maximum absolute atomic E-state index is 10.4. The summed E-state index contributed by atoms with van der Waals surface area (Å²) in [5, 5.41) is 0. The maximum Gasteiger partial charge on any atom is 0.219 e. The Bertz CT molecular complexity index is 1050. The second-order valence-corrected chi connectivity index (χ2v) is 9.51. The van der Waals surface area contributed by atoms with Gasteiger partial charge in [-0.15, -0.1) is 0 Å². The SMILES string of the molecule is C[n+]1ccccc1COc1ccc(C(C)(C)C)cc1.Cc1ccc(S(=O)(=O)[O-])cc1. The van der Waals surface area contributed by atoms with Gasteiger partial charge in [0, 0.05) is 12.1 Å². The minimum absolute atomic E-state index is 0.178. The largest absolute Gasteiger partial charge is 0.744 e. The van der Waals surface area contributed by atoms with E-state index in [-0.39, 0.29) is 10.3 Å². The average Bonchev–Trinajstić information content (AvgIpc) is 2.67. The smallest absolute Gasteiger partial charge is 0.219 e. The van der Waals surface area contributed by atoms with Crippen molar-refractivity contribution in [2.24, 2.45) is 7.05 Å². The molecule has 2 aromatic carbocycles. The molecule has 0 amide bonds. The molecule has 30 heavy (non-hydrogen) atoms. The zero-order valence-corrected chi connectivity index (χ0v) is 18.9. The molecule has 3 aromatic rings. The summed E-state index contributed by atoms with van der Waals surface area (Å²) in [6, 6.07) is 20.3. The van der Waals surface area contributed by atoms with Gasteiger partial charge in [0.1, 0.15) is 22.9 Å². The average molecular weight is 428 g/mol. The first-order chi connectivity index (χ1) is 14.0. The fourth-order valence-electron chi connectivity index (χ4n) is 2.62. The standard InChI is InChI=1S/C17H22NO.C7H8O3S/c1-17(2,3)14-8-10-16(11-9-14)19-13-15-7-5-6-12-18(15)4;1-6-2-4-7(5-3-6)11(8,9)10/h5-12H,13H2,1-4H3;2-5H,1H3,(H,8,9,10)/q+1;/p-1. The van der Waals surface area contributed by atoms with E-state index in [0.29, 0.717) is 6.61 Å². The molecule has 160 valence electrons. The summed E-state index contributed by atoms with van der Waals surface area (Å²) >= 11 is 0. The van der Waals surface area contributed by atoms with Crippen molar-refractivity contribution in [3.8, 4) is 5.75 Å². The molecule has 6 heteroatoms. The molecule has 0 aliphatic carbocycles. The number of aromatic nitrogens is 1. The number of aryl methyl sites for hydroxylation is 2. The Morgan fingerprint density at radius 2 is 1.53 bits per heavy atom. The van der Waals surface area contributed by atoms with Gasteiger partial charge in [0.25, 0.3) is 0 Å². The van der Waals surface area contributed by atoms with Crippen molar-refractivity contribution in [2.75, 3.05) is 0 Å². The normalized spacial score (nSPS) is 11.4. The van der Waals surface area contributed by atoms with E-state index in [1.54, 1.807) is 12.1 Å². The lowest BCUT2D eigenvalue weighted by Crippen LogP contribution is -2.33. The fraction of sp³-hybridized carbons (Fsp3) is 0.292. The molecule has 0 N–H and O–H groups in total. The van der Waals surface area contributed by atoms with Gasteiger partial charge in [-0.1, -0.05) is 50.6 Å². The van der Waals surface area contributed by atoms with Crippen molar-refractivity contribution in [2.45, 2.75) is 44.6 Å². The van der Waals surface area contributed by atoms with Gasteiger partial charge in [-0.25, -0.2) is 13.0 Å². The van der Waals surface area contributed by atoms with Crippen molar-refractivity contribution < 1.29 is 22.3 Å². The van der Waals surface area contributed by atoms with Crippen molar-refractivity contribution in [3.63, 3.8) is 0 Å². The molecule has 0 saturated heterocycles. The third-order valence-electron chi connectivity index (χ3n) is 4.58. The predicted molar refractivity (Wildman–Crippen MR) is 116 cm³/mol. The first-order valence-corrected chi connectivity index (χ1v) is 11.1. The number of benzene rings is 2. The summed E-state index contributed by atoms with van der Waals surface area (Å²) in [6.07, 6.45) is 2.03. The van der Waals surface area contributed by atoms with Crippen LogP contribution in [0.3, 0.4) is 0 Å². The summed E-state index contributed by atoms with van der Waals surface area (Å²) in [5.41, 5.74) is 3.59. The van der Waals surface area contributed by atoms with Crippen LogP contribution in [-0.4, -0.2) is 13.0 Å². The lowest BCUT2D eigenvalue weighted by atomic mass is 9.87. The second kappa shape index (κ2) is 9.87. The minimum Gasteiger partial charge on any atom is -0.744 e. The van der Waals surface area contributed by atoms with E-state index >= 15 is 0 Å². The second-order valence-electron chi connectivity index (χ2n) is 8.13. The van der Waals surface area contributed by atoms with Crippen LogP contribution < -0.4 is 9.30 Å². The van der Waals surface area contributed by atoms with Gasteiger partial charge in [-0.05, 0) is 48.2 Å². The fourth-order valence-corrected chi connectivity index (χ4v) is 3.09. The highest BCUT2D eigenvalue weighted by Crippen LogP contribution is 2.24.